The molecule has 0 N–H and O–H groups in total. The number of hydrogen-bond acceptors (Lipinski definition) is 3. The standard InChI is InChI=1S/C33H57F3O3/c34-31-28(19-10-22-37-25-13-4-1-5-14-25)32(35)30(21-12-24-39-27-17-8-3-9-18-27)33(36)29(31)20-11-23-38-26-15-6-2-7-16-26/h25-33H,1-24H2. The molecule has 4 aliphatic carbocycles. The van der Waals surface area contributed by atoms with Crippen molar-refractivity contribution in [3.63, 3.8) is 0 Å². The van der Waals surface area contributed by atoms with Crippen molar-refractivity contribution in [3.8, 4) is 0 Å². The fourth-order valence-corrected chi connectivity index (χ4v) is 7.84. The molecule has 4 fully saturated rings. The molecular formula is C33H57F3O3. The van der Waals surface area contributed by atoms with E-state index in [1.54, 1.807) is 0 Å². The van der Waals surface area contributed by atoms with E-state index >= 15 is 13.2 Å². The molecule has 0 amide bonds. The highest BCUT2D eigenvalue weighted by molar-refractivity contribution is 4.98. The average molecular weight is 559 g/mol. The summed E-state index contributed by atoms with van der Waals surface area (Å²) in [7, 11) is 0. The van der Waals surface area contributed by atoms with Gasteiger partial charge in [-0.2, -0.15) is 0 Å². The van der Waals surface area contributed by atoms with Gasteiger partial charge in [-0.1, -0.05) is 57.8 Å². The van der Waals surface area contributed by atoms with E-state index in [0.717, 1.165) is 38.5 Å². The molecule has 0 aliphatic heterocycles. The van der Waals surface area contributed by atoms with Gasteiger partial charge in [0.2, 0.25) is 0 Å². The Labute approximate surface area is 236 Å². The third-order valence-corrected chi connectivity index (χ3v) is 10.2. The van der Waals surface area contributed by atoms with Crippen LogP contribution in [0.5, 0.6) is 0 Å². The summed E-state index contributed by atoms with van der Waals surface area (Å²) < 4.78 is 65.5. The SMILES string of the molecule is FC1C(CCCOC2CCCCC2)C(F)C(CCCOC2CCCCC2)C(F)C1CCCOC1CCCCC1. The number of hydrogen-bond donors (Lipinski definition) is 0. The number of rotatable bonds is 15. The van der Waals surface area contributed by atoms with Crippen molar-refractivity contribution < 1.29 is 27.4 Å². The predicted octanol–water partition coefficient (Wildman–Crippen LogP) is 9.25. The predicted molar refractivity (Wildman–Crippen MR) is 151 cm³/mol. The minimum absolute atomic E-state index is 0.302. The molecule has 0 spiro atoms. The van der Waals surface area contributed by atoms with Crippen molar-refractivity contribution in [2.75, 3.05) is 19.8 Å². The average Bonchev–Trinajstić information content (AvgIpc) is 2.97. The molecule has 0 bridgehead atoms. The summed E-state index contributed by atoms with van der Waals surface area (Å²) in [6, 6.07) is 0. The minimum Gasteiger partial charge on any atom is -0.378 e. The molecule has 4 rings (SSSR count). The van der Waals surface area contributed by atoms with Gasteiger partial charge in [0.1, 0.15) is 18.5 Å². The summed E-state index contributed by atoms with van der Waals surface area (Å²) in [6.45, 7) is 1.67. The second kappa shape index (κ2) is 17.6. The van der Waals surface area contributed by atoms with E-state index in [9.17, 15) is 0 Å². The van der Waals surface area contributed by atoms with E-state index in [-0.39, 0.29) is 0 Å². The van der Waals surface area contributed by atoms with Crippen LogP contribution in [0.4, 0.5) is 13.2 Å². The van der Waals surface area contributed by atoms with Crippen molar-refractivity contribution in [2.24, 2.45) is 17.8 Å². The Morgan fingerprint density at radius 2 is 0.641 bits per heavy atom. The van der Waals surface area contributed by atoms with Gasteiger partial charge in [0.05, 0.1) is 18.3 Å². The third kappa shape index (κ3) is 10.2. The second-order valence-corrected chi connectivity index (χ2v) is 13.1. The smallest absolute Gasteiger partial charge is 0.111 e. The molecule has 39 heavy (non-hydrogen) atoms. The molecule has 0 saturated heterocycles. The van der Waals surface area contributed by atoms with Crippen LogP contribution in [-0.2, 0) is 14.2 Å². The first-order valence-electron chi connectivity index (χ1n) is 16.9. The lowest BCUT2D eigenvalue weighted by Crippen LogP contribution is -2.50. The van der Waals surface area contributed by atoms with E-state index in [0.29, 0.717) is 76.7 Å². The van der Waals surface area contributed by atoms with Crippen molar-refractivity contribution in [1.29, 1.82) is 0 Å². The van der Waals surface area contributed by atoms with Crippen LogP contribution in [-0.4, -0.2) is 56.6 Å². The largest absolute Gasteiger partial charge is 0.378 e. The fraction of sp³-hybridized carbons (Fsp3) is 1.00. The highest BCUT2D eigenvalue weighted by Crippen LogP contribution is 2.45. The Bertz CT molecular complexity index is 536. The summed E-state index contributed by atoms with van der Waals surface area (Å²) in [5, 5.41) is 0. The van der Waals surface area contributed by atoms with Crippen LogP contribution in [0.2, 0.25) is 0 Å². The van der Waals surface area contributed by atoms with Gasteiger partial charge in [-0.3, -0.25) is 0 Å². The molecule has 0 unspecified atom stereocenters. The van der Waals surface area contributed by atoms with Crippen LogP contribution in [0, 0.1) is 17.8 Å². The van der Waals surface area contributed by atoms with E-state index in [2.05, 4.69) is 0 Å². The fourth-order valence-electron chi connectivity index (χ4n) is 7.84. The van der Waals surface area contributed by atoms with Crippen molar-refractivity contribution >= 4 is 0 Å². The molecule has 0 radical (unpaired) electrons. The monoisotopic (exact) mass is 558 g/mol. The third-order valence-electron chi connectivity index (χ3n) is 10.2. The zero-order valence-corrected chi connectivity index (χ0v) is 24.5. The van der Waals surface area contributed by atoms with Crippen LogP contribution in [0.15, 0.2) is 0 Å². The Kier molecular flexibility index (Phi) is 14.2. The lowest BCUT2D eigenvalue weighted by atomic mass is 9.67. The molecule has 0 aromatic rings. The molecule has 6 heteroatoms. The Morgan fingerprint density at radius 1 is 0.385 bits per heavy atom. The van der Waals surface area contributed by atoms with Crippen molar-refractivity contribution in [3.05, 3.63) is 0 Å². The van der Waals surface area contributed by atoms with E-state index < -0.39 is 36.3 Å². The maximum absolute atomic E-state index is 15.8. The Morgan fingerprint density at radius 3 is 0.897 bits per heavy atom. The van der Waals surface area contributed by atoms with E-state index in [1.807, 2.05) is 0 Å². The van der Waals surface area contributed by atoms with E-state index in [1.165, 1.54) is 57.8 Å². The number of ether oxygens (including phenoxy) is 3. The zero-order valence-electron chi connectivity index (χ0n) is 24.5. The van der Waals surface area contributed by atoms with Crippen LogP contribution in [0.3, 0.4) is 0 Å². The second-order valence-electron chi connectivity index (χ2n) is 13.1. The minimum atomic E-state index is -1.44. The van der Waals surface area contributed by atoms with Crippen LogP contribution >= 0.6 is 0 Å². The Balaban J connectivity index is 1.26. The summed E-state index contributed by atoms with van der Waals surface area (Å²) in [6.07, 6.45) is 17.5. The first kappa shape index (κ1) is 31.6. The van der Waals surface area contributed by atoms with Crippen LogP contribution in [0.1, 0.15) is 135 Å². The van der Waals surface area contributed by atoms with Crippen molar-refractivity contribution in [1.82, 2.24) is 0 Å². The first-order chi connectivity index (χ1) is 19.1. The lowest BCUT2D eigenvalue weighted by molar-refractivity contribution is -0.0827. The molecule has 4 saturated carbocycles. The summed E-state index contributed by atoms with van der Waals surface area (Å²) >= 11 is 0. The van der Waals surface area contributed by atoms with Crippen molar-refractivity contribution in [2.45, 2.75) is 172 Å². The van der Waals surface area contributed by atoms with Gasteiger partial charge in [-0.25, -0.2) is 13.2 Å². The quantitative estimate of drug-likeness (QED) is 0.188. The number of alkyl halides is 3. The molecular weight excluding hydrogens is 501 g/mol. The zero-order chi connectivity index (χ0) is 27.3. The topological polar surface area (TPSA) is 27.7 Å². The molecule has 4 aliphatic rings. The lowest BCUT2D eigenvalue weighted by Gasteiger charge is -2.43. The highest BCUT2D eigenvalue weighted by atomic mass is 19.2. The van der Waals surface area contributed by atoms with Gasteiger partial charge in [-0.05, 0) is 77.0 Å². The number of halogens is 3. The van der Waals surface area contributed by atoms with Gasteiger partial charge in [0, 0.05) is 37.6 Å². The maximum atomic E-state index is 15.8. The highest BCUT2D eigenvalue weighted by Gasteiger charge is 2.51. The summed E-state index contributed by atoms with van der Waals surface area (Å²) in [5.41, 5.74) is 0. The molecule has 3 nitrogen and oxygen atoms in total. The van der Waals surface area contributed by atoms with Gasteiger partial charge >= 0.3 is 0 Å². The molecule has 0 heterocycles. The van der Waals surface area contributed by atoms with Gasteiger partial charge < -0.3 is 14.2 Å². The first-order valence-corrected chi connectivity index (χ1v) is 16.9. The molecule has 228 valence electrons. The van der Waals surface area contributed by atoms with Gasteiger partial charge in [0.25, 0.3) is 0 Å². The normalized spacial score (nSPS) is 33.9. The summed E-state index contributed by atoms with van der Waals surface area (Å²) in [5.74, 6) is -2.21. The molecule has 0 aromatic heterocycles. The van der Waals surface area contributed by atoms with E-state index in [4.69, 9.17) is 14.2 Å². The summed E-state index contributed by atoms with van der Waals surface area (Å²) in [4.78, 5) is 0. The van der Waals surface area contributed by atoms with Gasteiger partial charge in [-0.15, -0.1) is 0 Å². The Hall–Kier alpha value is -0.330. The molecule has 0 aromatic carbocycles. The van der Waals surface area contributed by atoms with Gasteiger partial charge in [0.15, 0.2) is 0 Å². The van der Waals surface area contributed by atoms with Crippen LogP contribution in [0.25, 0.3) is 0 Å². The maximum Gasteiger partial charge on any atom is 0.111 e. The van der Waals surface area contributed by atoms with Crippen LogP contribution < -0.4 is 0 Å². The molecule has 0 atom stereocenters.